The van der Waals surface area contributed by atoms with Gasteiger partial charge in [-0.3, -0.25) is 4.79 Å². The van der Waals surface area contributed by atoms with Gasteiger partial charge in [-0.05, 0) is 24.3 Å². The molecule has 0 unspecified atom stereocenters. The lowest BCUT2D eigenvalue weighted by Gasteiger charge is -2.09. The van der Waals surface area contributed by atoms with E-state index in [4.69, 9.17) is 0 Å². The van der Waals surface area contributed by atoms with Crippen molar-refractivity contribution in [1.82, 2.24) is 25.1 Å². The van der Waals surface area contributed by atoms with Gasteiger partial charge < -0.3 is 5.32 Å². The van der Waals surface area contributed by atoms with Gasteiger partial charge in [0.1, 0.15) is 10.7 Å². The third-order valence-corrected chi connectivity index (χ3v) is 5.09. The maximum absolute atomic E-state index is 12.9. The minimum absolute atomic E-state index is 0.136. The Morgan fingerprint density at radius 2 is 2.00 bits per heavy atom. The molecule has 30 heavy (non-hydrogen) atoms. The number of carbonyl (C=O) groups excluding carboxylic acids is 1. The second kappa shape index (κ2) is 8.07. The first kappa shape index (κ1) is 19.8. The number of benzene rings is 1. The summed E-state index contributed by atoms with van der Waals surface area (Å²) >= 11 is 1.11. The smallest absolute Gasteiger partial charge is 0.346 e. The van der Waals surface area contributed by atoms with Gasteiger partial charge in [0.15, 0.2) is 5.82 Å². The zero-order valence-electron chi connectivity index (χ0n) is 15.3. The summed E-state index contributed by atoms with van der Waals surface area (Å²) in [4.78, 5) is 21.0. The van der Waals surface area contributed by atoms with Crippen LogP contribution in [0.4, 0.5) is 13.2 Å². The lowest BCUT2D eigenvalue weighted by molar-refractivity contribution is -0.137. The summed E-state index contributed by atoms with van der Waals surface area (Å²) in [7, 11) is 0. The van der Waals surface area contributed by atoms with Crippen molar-refractivity contribution >= 4 is 17.2 Å². The molecule has 1 aromatic carbocycles. The van der Waals surface area contributed by atoms with Crippen LogP contribution in [0, 0.1) is 0 Å². The van der Waals surface area contributed by atoms with Crippen molar-refractivity contribution in [2.24, 2.45) is 0 Å². The molecule has 3 aromatic heterocycles. The van der Waals surface area contributed by atoms with E-state index in [9.17, 15) is 18.0 Å². The number of nitrogens with one attached hydrogen (secondary N) is 1. The number of pyridine rings is 1. The monoisotopic (exact) mass is 429 g/mol. The molecule has 4 aromatic rings. The fourth-order valence-electron chi connectivity index (χ4n) is 2.77. The van der Waals surface area contributed by atoms with Gasteiger partial charge in [0.25, 0.3) is 5.91 Å². The molecule has 0 aliphatic rings. The van der Waals surface area contributed by atoms with Gasteiger partial charge >= 0.3 is 6.18 Å². The first-order valence-electron chi connectivity index (χ1n) is 8.77. The van der Waals surface area contributed by atoms with Crippen LogP contribution in [0.5, 0.6) is 0 Å². The number of halogens is 3. The van der Waals surface area contributed by atoms with Crippen molar-refractivity contribution in [3.8, 4) is 16.4 Å². The first-order valence-corrected chi connectivity index (χ1v) is 9.65. The predicted octanol–water partition coefficient (Wildman–Crippen LogP) is 4.34. The average Bonchev–Trinajstić information content (AvgIpc) is 3.44. The van der Waals surface area contributed by atoms with E-state index in [0.717, 1.165) is 29.0 Å². The Morgan fingerprint density at radius 3 is 2.77 bits per heavy atom. The number of hydrogen-bond acceptors (Lipinski definition) is 5. The van der Waals surface area contributed by atoms with E-state index in [1.54, 1.807) is 35.4 Å². The first-order chi connectivity index (χ1) is 14.4. The summed E-state index contributed by atoms with van der Waals surface area (Å²) in [5.41, 5.74) is 0.436. The Balaban J connectivity index is 1.49. The quantitative estimate of drug-likeness (QED) is 0.512. The third-order valence-electron chi connectivity index (χ3n) is 4.20. The van der Waals surface area contributed by atoms with Crippen molar-refractivity contribution in [3.63, 3.8) is 0 Å². The molecule has 0 saturated carbocycles. The number of hydrogen-bond donors (Lipinski definition) is 1. The van der Waals surface area contributed by atoms with E-state index in [-0.39, 0.29) is 12.2 Å². The summed E-state index contributed by atoms with van der Waals surface area (Å²) in [5.74, 6) is 0.158. The molecule has 0 saturated heterocycles. The van der Waals surface area contributed by atoms with Crippen molar-refractivity contribution in [2.45, 2.75) is 12.7 Å². The maximum atomic E-state index is 12.9. The number of rotatable bonds is 5. The molecule has 1 N–H and O–H groups in total. The molecule has 0 aliphatic heterocycles. The normalized spacial score (nSPS) is 11.4. The maximum Gasteiger partial charge on any atom is 0.416 e. The highest BCUT2D eigenvalue weighted by molar-refractivity contribution is 7.13. The molecule has 152 valence electrons. The van der Waals surface area contributed by atoms with Gasteiger partial charge in [-0.25, -0.2) is 14.6 Å². The van der Waals surface area contributed by atoms with E-state index in [1.165, 1.54) is 17.5 Å². The summed E-state index contributed by atoms with van der Waals surface area (Å²) in [6.07, 6.45) is 0.560. The fraction of sp³-hybridized carbons (Fsp3) is 0.100. The molecule has 0 atom stereocenters. The van der Waals surface area contributed by atoms with Gasteiger partial charge in [-0.1, -0.05) is 18.2 Å². The number of alkyl halides is 3. The Hall–Kier alpha value is -3.53. The molecule has 0 fully saturated rings. The second-order valence-corrected chi connectivity index (χ2v) is 7.09. The van der Waals surface area contributed by atoms with Crippen molar-refractivity contribution in [2.75, 3.05) is 0 Å². The van der Waals surface area contributed by atoms with Crippen molar-refractivity contribution < 1.29 is 18.0 Å². The molecule has 0 aliphatic carbocycles. The van der Waals surface area contributed by atoms with Crippen LogP contribution in [0.1, 0.15) is 21.6 Å². The van der Waals surface area contributed by atoms with Crippen LogP contribution >= 0.6 is 11.3 Å². The van der Waals surface area contributed by atoms with E-state index >= 15 is 0 Å². The number of carbonyl (C=O) groups is 1. The molecule has 10 heteroatoms. The molecule has 4 rings (SSSR count). The van der Waals surface area contributed by atoms with Crippen LogP contribution in [0.2, 0.25) is 0 Å². The zero-order valence-corrected chi connectivity index (χ0v) is 16.1. The molecule has 0 radical (unpaired) electrons. The van der Waals surface area contributed by atoms with Gasteiger partial charge in [0.2, 0.25) is 0 Å². The van der Waals surface area contributed by atoms with Crippen LogP contribution in [-0.4, -0.2) is 25.7 Å². The SMILES string of the molecule is O=C(NCc1cccnc1-n1cccn1)c1csc(-c2cccc(C(F)(F)F)c2)n1. The molecular weight excluding hydrogens is 415 g/mol. The van der Waals surface area contributed by atoms with E-state index in [2.05, 4.69) is 20.4 Å². The van der Waals surface area contributed by atoms with Crippen molar-refractivity contribution in [1.29, 1.82) is 0 Å². The van der Waals surface area contributed by atoms with Crippen LogP contribution in [0.3, 0.4) is 0 Å². The van der Waals surface area contributed by atoms with Crippen LogP contribution < -0.4 is 5.32 Å². The largest absolute Gasteiger partial charge is 0.416 e. The van der Waals surface area contributed by atoms with Gasteiger partial charge in [-0.15, -0.1) is 11.3 Å². The molecule has 6 nitrogen and oxygen atoms in total. The van der Waals surface area contributed by atoms with Crippen LogP contribution in [0.25, 0.3) is 16.4 Å². The number of thiazole rings is 1. The Kier molecular flexibility index (Phi) is 5.32. The number of aromatic nitrogens is 4. The van der Waals surface area contributed by atoms with Crippen molar-refractivity contribution in [3.05, 3.63) is 83.3 Å². The zero-order chi connectivity index (χ0) is 21.1. The highest BCUT2D eigenvalue weighted by Gasteiger charge is 2.30. The van der Waals surface area contributed by atoms with Gasteiger partial charge in [0.05, 0.1) is 5.56 Å². The lowest BCUT2D eigenvalue weighted by Crippen LogP contribution is -2.24. The topological polar surface area (TPSA) is 72.7 Å². The van der Waals surface area contributed by atoms with Crippen LogP contribution in [0.15, 0.2) is 66.4 Å². The summed E-state index contributed by atoms with van der Waals surface area (Å²) in [5, 5.41) is 8.76. The molecule has 3 heterocycles. The Bertz CT molecular complexity index is 1170. The summed E-state index contributed by atoms with van der Waals surface area (Å²) in [6, 6.07) is 10.2. The van der Waals surface area contributed by atoms with Gasteiger partial charge in [0, 0.05) is 41.6 Å². The minimum Gasteiger partial charge on any atom is -0.346 e. The van der Waals surface area contributed by atoms with Crippen LogP contribution in [-0.2, 0) is 12.7 Å². The Morgan fingerprint density at radius 1 is 1.13 bits per heavy atom. The minimum atomic E-state index is -4.44. The fourth-order valence-corrected chi connectivity index (χ4v) is 3.57. The van der Waals surface area contributed by atoms with E-state index < -0.39 is 17.6 Å². The summed E-state index contributed by atoms with van der Waals surface area (Å²) < 4.78 is 40.4. The molecular formula is C20H14F3N5OS. The Labute approximate surface area is 173 Å². The molecule has 0 bridgehead atoms. The predicted molar refractivity (Wildman–Crippen MR) is 105 cm³/mol. The third kappa shape index (κ3) is 4.23. The van der Waals surface area contributed by atoms with Gasteiger partial charge in [-0.2, -0.15) is 18.3 Å². The highest BCUT2D eigenvalue weighted by Crippen LogP contribution is 2.33. The highest BCUT2D eigenvalue weighted by atomic mass is 32.1. The standard InChI is InChI=1S/C20H14F3N5OS/c21-20(22,23)15-6-1-4-13(10-15)19-27-16(12-30-19)18(29)25-11-14-5-2-7-24-17(14)28-9-3-8-26-28/h1-10,12H,11H2,(H,25,29). The van der Waals surface area contributed by atoms with E-state index in [0.29, 0.717) is 16.4 Å². The average molecular weight is 429 g/mol. The molecule has 1 amide bonds. The lowest BCUT2D eigenvalue weighted by atomic mass is 10.1. The molecule has 0 spiro atoms. The number of nitrogens with zero attached hydrogens (tertiary/aromatic N) is 4. The second-order valence-electron chi connectivity index (χ2n) is 6.24. The number of amides is 1. The van der Waals surface area contributed by atoms with E-state index in [1.807, 2.05) is 6.07 Å². The summed E-state index contributed by atoms with van der Waals surface area (Å²) in [6.45, 7) is 0.193.